The number of thiazole rings is 1. The van der Waals surface area contributed by atoms with Crippen LogP contribution >= 0.6 is 34.4 Å². The number of nitrogens with one attached hydrogen (secondary N) is 1. The minimum atomic E-state index is -0.0634. The Kier molecular flexibility index (Phi) is 4.59. The Morgan fingerprint density at radius 3 is 3.05 bits per heavy atom. The molecule has 0 atom stereocenters. The lowest BCUT2D eigenvalue weighted by molar-refractivity contribution is -0.113. The van der Waals surface area contributed by atoms with Crippen LogP contribution in [0.15, 0.2) is 45.7 Å². The Bertz CT molecular complexity index is 713. The maximum Gasteiger partial charge on any atom is 0.234 e. The number of carbonyl (C=O) groups excluding carboxylic acids is 1. The third-order valence-corrected chi connectivity index (χ3v) is 5.17. The second kappa shape index (κ2) is 6.79. The van der Waals surface area contributed by atoms with Gasteiger partial charge in [0, 0.05) is 22.8 Å². The van der Waals surface area contributed by atoms with Gasteiger partial charge in [-0.3, -0.25) is 4.79 Å². The van der Waals surface area contributed by atoms with Crippen molar-refractivity contribution in [1.82, 2.24) is 15.2 Å². The summed E-state index contributed by atoms with van der Waals surface area (Å²) >= 11 is 4.38. The summed E-state index contributed by atoms with van der Waals surface area (Å²) < 4.78 is 0.793. The van der Waals surface area contributed by atoms with Crippen LogP contribution in [-0.4, -0.2) is 26.8 Å². The summed E-state index contributed by atoms with van der Waals surface area (Å²) in [5.74, 6) is 0.253. The molecular formula is C13H10N4OS3. The Morgan fingerprint density at radius 1 is 1.33 bits per heavy atom. The van der Waals surface area contributed by atoms with Crippen LogP contribution < -0.4 is 5.32 Å². The van der Waals surface area contributed by atoms with E-state index in [-0.39, 0.29) is 5.91 Å². The Balaban J connectivity index is 1.62. The predicted molar refractivity (Wildman–Crippen MR) is 86.8 cm³/mol. The molecule has 0 fully saturated rings. The molecule has 0 aliphatic heterocycles. The zero-order chi connectivity index (χ0) is 14.5. The van der Waals surface area contributed by atoms with Crippen LogP contribution in [0, 0.1) is 0 Å². The van der Waals surface area contributed by atoms with Gasteiger partial charge in [0.2, 0.25) is 5.91 Å². The first kappa shape index (κ1) is 14.2. The highest BCUT2D eigenvalue weighted by Crippen LogP contribution is 2.25. The molecule has 3 rings (SSSR count). The zero-order valence-corrected chi connectivity index (χ0v) is 13.2. The fraction of sp³-hybridized carbons (Fsp3) is 0.0769. The standard InChI is InChI=1S/C13H10N4OS3/c18-11(7-20-13-17-15-8-21-13)16-10-3-1-2-9(6-10)12-14-4-5-19-12/h1-6,8H,7H2,(H,16,18). The van der Waals surface area contributed by atoms with E-state index in [0.29, 0.717) is 5.75 Å². The van der Waals surface area contributed by atoms with Crippen LogP contribution in [0.4, 0.5) is 5.69 Å². The first-order valence-electron chi connectivity index (χ1n) is 6.00. The van der Waals surface area contributed by atoms with Gasteiger partial charge in [-0.15, -0.1) is 21.5 Å². The van der Waals surface area contributed by atoms with Crippen molar-refractivity contribution < 1.29 is 4.79 Å². The van der Waals surface area contributed by atoms with Gasteiger partial charge in [0.05, 0.1) is 5.75 Å². The van der Waals surface area contributed by atoms with Gasteiger partial charge in [0.15, 0.2) is 4.34 Å². The molecule has 0 aliphatic carbocycles. The minimum absolute atomic E-state index is 0.0634. The van der Waals surface area contributed by atoms with Crippen molar-refractivity contribution in [2.24, 2.45) is 0 Å². The molecule has 1 amide bonds. The fourth-order valence-electron chi connectivity index (χ4n) is 1.65. The molecule has 1 aromatic carbocycles. The number of hydrogen-bond donors (Lipinski definition) is 1. The lowest BCUT2D eigenvalue weighted by Crippen LogP contribution is -2.13. The molecule has 2 aromatic heterocycles. The number of aromatic nitrogens is 3. The highest BCUT2D eigenvalue weighted by Gasteiger charge is 2.07. The van der Waals surface area contributed by atoms with Gasteiger partial charge in [0.25, 0.3) is 0 Å². The van der Waals surface area contributed by atoms with Crippen LogP contribution in [0.25, 0.3) is 10.6 Å². The van der Waals surface area contributed by atoms with Gasteiger partial charge >= 0.3 is 0 Å². The van der Waals surface area contributed by atoms with Gasteiger partial charge in [-0.25, -0.2) is 4.98 Å². The van der Waals surface area contributed by atoms with Gasteiger partial charge in [0.1, 0.15) is 10.5 Å². The monoisotopic (exact) mass is 334 g/mol. The largest absolute Gasteiger partial charge is 0.325 e. The van der Waals surface area contributed by atoms with E-state index in [0.717, 1.165) is 20.6 Å². The summed E-state index contributed by atoms with van der Waals surface area (Å²) in [5.41, 5.74) is 3.42. The molecule has 106 valence electrons. The van der Waals surface area contributed by atoms with Crippen LogP contribution in [0.2, 0.25) is 0 Å². The van der Waals surface area contributed by atoms with Crippen molar-refractivity contribution in [3.63, 3.8) is 0 Å². The maximum absolute atomic E-state index is 11.9. The number of anilines is 1. The van der Waals surface area contributed by atoms with Gasteiger partial charge in [-0.1, -0.05) is 35.2 Å². The highest BCUT2D eigenvalue weighted by atomic mass is 32.2. The number of nitrogens with zero attached hydrogens (tertiary/aromatic N) is 3. The SMILES string of the molecule is O=C(CSc1nncs1)Nc1cccc(-c2nccs2)c1. The van der Waals surface area contributed by atoms with E-state index in [1.54, 1.807) is 23.0 Å². The molecule has 1 N–H and O–H groups in total. The average molecular weight is 334 g/mol. The third kappa shape index (κ3) is 3.87. The Morgan fingerprint density at radius 2 is 2.29 bits per heavy atom. The van der Waals surface area contributed by atoms with Crippen LogP contribution in [0.3, 0.4) is 0 Å². The van der Waals surface area contributed by atoms with E-state index in [2.05, 4.69) is 20.5 Å². The van der Waals surface area contributed by atoms with E-state index < -0.39 is 0 Å². The summed E-state index contributed by atoms with van der Waals surface area (Å²) in [6.07, 6.45) is 1.77. The Labute approximate surface area is 133 Å². The second-order valence-electron chi connectivity index (χ2n) is 3.96. The zero-order valence-electron chi connectivity index (χ0n) is 10.7. The molecule has 0 spiro atoms. The van der Waals surface area contributed by atoms with Gasteiger partial charge < -0.3 is 5.32 Å². The first-order valence-corrected chi connectivity index (χ1v) is 8.74. The Hall–Kier alpha value is -1.77. The third-order valence-electron chi connectivity index (χ3n) is 2.49. The number of benzene rings is 1. The summed E-state index contributed by atoms with van der Waals surface area (Å²) in [4.78, 5) is 16.2. The molecule has 0 bridgehead atoms. The highest BCUT2D eigenvalue weighted by molar-refractivity contribution is 8.01. The molecule has 0 saturated carbocycles. The van der Waals surface area contributed by atoms with Crippen molar-refractivity contribution in [2.45, 2.75) is 4.34 Å². The summed E-state index contributed by atoms with van der Waals surface area (Å²) in [5, 5.41) is 13.4. The van der Waals surface area contributed by atoms with E-state index >= 15 is 0 Å². The average Bonchev–Trinajstić information content (AvgIpc) is 3.19. The van der Waals surface area contributed by atoms with E-state index in [1.807, 2.05) is 29.6 Å². The lowest BCUT2D eigenvalue weighted by atomic mass is 10.2. The van der Waals surface area contributed by atoms with Crippen LogP contribution in [0.1, 0.15) is 0 Å². The molecule has 5 nitrogen and oxygen atoms in total. The van der Waals surface area contributed by atoms with Gasteiger partial charge in [-0.2, -0.15) is 0 Å². The molecule has 0 aliphatic rings. The quantitative estimate of drug-likeness (QED) is 0.724. The number of hydrogen-bond acceptors (Lipinski definition) is 7. The van der Waals surface area contributed by atoms with Crippen LogP contribution in [-0.2, 0) is 4.79 Å². The molecule has 21 heavy (non-hydrogen) atoms. The smallest absolute Gasteiger partial charge is 0.234 e. The van der Waals surface area contributed by atoms with Crippen molar-refractivity contribution in [3.8, 4) is 10.6 Å². The molecule has 0 saturated heterocycles. The topological polar surface area (TPSA) is 67.8 Å². The predicted octanol–water partition coefficient (Wildman–Crippen LogP) is 3.39. The molecule has 0 radical (unpaired) electrons. The molecule has 3 aromatic rings. The van der Waals surface area contributed by atoms with E-state index in [1.165, 1.54) is 23.1 Å². The molecule has 8 heteroatoms. The molecule has 0 unspecified atom stereocenters. The fourth-order valence-corrected chi connectivity index (χ4v) is 3.57. The molecule has 2 heterocycles. The first-order chi connectivity index (χ1) is 10.3. The minimum Gasteiger partial charge on any atom is -0.325 e. The van der Waals surface area contributed by atoms with Crippen molar-refractivity contribution in [3.05, 3.63) is 41.4 Å². The van der Waals surface area contributed by atoms with E-state index in [9.17, 15) is 4.79 Å². The van der Waals surface area contributed by atoms with Gasteiger partial charge in [-0.05, 0) is 12.1 Å². The second-order valence-corrected chi connectivity index (χ2v) is 6.91. The number of rotatable bonds is 5. The van der Waals surface area contributed by atoms with Crippen LogP contribution in [0.5, 0.6) is 0 Å². The summed E-state index contributed by atoms with van der Waals surface area (Å²) in [6, 6.07) is 7.67. The maximum atomic E-state index is 11.9. The number of amides is 1. The molecular weight excluding hydrogens is 324 g/mol. The van der Waals surface area contributed by atoms with Crippen molar-refractivity contribution in [2.75, 3.05) is 11.1 Å². The number of thioether (sulfide) groups is 1. The van der Waals surface area contributed by atoms with E-state index in [4.69, 9.17) is 0 Å². The summed E-state index contributed by atoms with van der Waals surface area (Å²) in [7, 11) is 0. The summed E-state index contributed by atoms with van der Waals surface area (Å²) in [6.45, 7) is 0. The normalized spacial score (nSPS) is 10.5. The number of carbonyl (C=O) groups is 1. The van der Waals surface area contributed by atoms with Crippen molar-refractivity contribution >= 4 is 46.0 Å². The van der Waals surface area contributed by atoms with Crippen molar-refractivity contribution in [1.29, 1.82) is 0 Å². The lowest BCUT2D eigenvalue weighted by Gasteiger charge is -2.05.